The summed E-state index contributed by atoms with van der Waals surface area (Å²) in [5, 5.41) is 16.0. The number of hydrogen-bond acceptors (Lipinski definition) is 3. The fraction of sp³-hybridized carbons (Fsp3) is 0.929. The Morgan fingerprint density at radius 3 is 2.67 bits per heavy atom. The Labute approximate surface area is 110 Å². The molecule has 1 aliphatic heterocycles. The number of aliphatic hydroxyl groups is 1. The molecule has 2 aliphatic rings. The summed E-state index contributed by atoms with van der Waals surface area (Å²) in [5.74, 6) is 1.23. The second kappa shape index (κ2) is 7.10. The Morgan fingerprint density at radius 1 is 1.17 bits per heavy atom. The number of piperidine rings is 1. The van der Waals surface area contributed by atoms with Crippen LogP contribution in [-0.4, -0.2) is 36.8 Å². The lowest BCUT2D eigenvalue weighted by molar-refractivity contribution is -0.122. The summed E-state index contributed by atoms with van der Waals surface area (Å²) in [6, 6.07) is 0. The number of amides is 1. The molecule has 1 heterocycles. The van der Waals surface area contributed by atoms with Crippen molar-refractivity contribution in [2.24, 2.45) is 11.8 Å². The lowest BCUT2D eigenvalue weighted by atomic mass is 9.87. The smallest absolute Gasteiger partial charge is 0.220 e. The Bertz CT molecular complexity index is 265. The summed E-state index contributed by atoms with van der Waals surface area (Å²) in [4.78, 5) is 11.8. The Kier molecular flexibility index (Phi) is 5.45. The molecule has 0 bridgehead atoms. The summed E-state index contributed by atoms with van der Waals surface area (Å²) in [5.41, 5.74) is 0. The van der Waals surface area contributed by atoms with Gasteiger partial charge in [-0.15, -0.1) is 0 Å². The first-order valence-electron chi connectivity index (χ1n) is 7.39. The molecule has 18 heavy (non-hydrogen) atoms. The minimum atomic E-state index is -0.148. The van der Waals surface area contributed by atoms with Crippen LogP contribution in [-0.2, 0) is 4.79 Å². The maximum absolute atomic E-state index is 11.8. The molecule has 2 atom stereocenters. The average Bonchev–Trinajstić information content (AvgIpc) is 2.38. The highest BCUT2D eigenvalue weighted by atomic mass is 16.3. The van der Waals surface area contributed by atoms with Gasteiger partial charge in [0.25, 0.3) is 0 Å². The molecule has 3 N–H and O–H groups in total. The van der Waals surface area contributed by atoms with Gasteiger partial charge in [0, 0.05) is 13.0 Å². The van der Waals surface area contributed by atoms with Gasteiger partial charge in [0.05, 0.1) is 6.10 Å². The summed E-state index contributed by atoms with van der Waals surface area (Å²) < 4.78 is 0. The van der Waals surface area contributed by atoms with E-state index in [2.05, 4.69) is 10.6 Å². The van der Waals surface area contributed by atoms with E-state index in [4.69, 9.17) is 0 Å². The van der Waals surface area contributed by atoms with E-state index in [-0.39, 0.29) is 12.0 Å². The monoisotopic (exact) mass is 254 g/mol. The molecule has 1 aliphatic carbocycles. The molecule has 0 aromatic heterocycles. The first-order valence-corrected chi connectivity index (χ1v) is 7.39. The second-order valence-corrected chi connectivity index (χ2v) is 5.89. The zero-order valence-electron chi connectivity index (χ0n) is 11.2. The van der Waals surface area contributed by atoms with Gasteiger partial charge in [-0.2, -0.15) is 0 Å². The summed E-state index contributed by atoms with van der Waals surface area (Å²) >= 11 is 0. The molecule has 4 nitrogen and oxygen atoms in total. The number of carbonyl (C=O) groups excluding carboxylic acids is 1. The van der Waals surface area contributed by atoms with E-state index in [0.717, 1.165) is 58.2 Å². The molecular formula is C14H26N2O2. The largest absolute Gasteiger partial charge is 0.393 e. The van der Waals surface area contributed by atoms with E-state index in [1.807, 2.05) is 0 Å². The minimum absolute atomic E-state index is 0.148. The van der Waals surface area contributed by atoms with Crippen LogP contribution in [0.25, 0.3) is 0 Å². The van der Waals surface area contributed by atoms with Gasteiger partial charge in [-0.25, -0.2) is 0 Å². The third-order valence-corrected chi connectivity index (χ3v) is 4.28. The van der Waals surface area contributed by atoms with E-state index >= 15 is 0 Å². The Balaban J connectivity index is 1.61. The first-order chi connectivity index (χ1) is 8.74. The highest BCUT2D eigenvalue weighted by molar-refractivity contribution is 5.76. The molecule has 0 spiro atoms. The van der Waals surface area contributed by atoms with Crippen molar-refractivity contribution in [2.75, 3.05) is 19.6 Å². The molecule has 1 amide bonds. The zero-order valence-corrected chi connectivity index (χ0v) is 11.2. The summed E-state index contributed by atoms with van der Waals surface area (Å²) in [7, 11) is 0. The highest BCUT2D eigenvalue weighted by Gasteiger charge is 2.21. The van der Waals surface area contributed by atoms with Crippen molar-refractivity contribution in [3.63, 3.8) is 0 Å². The van der Waals surface area contributed by atoms with Crippen molar-refractivity contribution >= 4 is 5.91 Å². The molecule has 1 saturated heterocycles. The molecular weight excluding hydrogens is 228 g/mol. The van der Waals surface area contributed by atoms with Gasteiger partial charge in [0.15, 0.2) is 0 Å². The maximum atomic E-state index is 11.8. The molecule has 0 aromatic carbocycles. The molecule has 2 fully saturated rings. The number of carbonyl (C=O) groups is 1. The van der Waals surface area contributed by atoms with Crippen LogP contribution >= 0.6 is 0 Å². The quantitative estimate of drug-likeness (QED) is 0.702. The molecule has 104 valence electrons. The minimum Gasteiger partial charge on any atom is -0.393 e. The van der Waals surface area contributed by atoms with Crippen LogP contribution in [0.5, 0.6) is 0 Å². The van der Waals surface area contributed by atoms with Crippen LogP contribution in [0.2, 0.25) is 0 Å². The lowest BCUT2D eigenvalue weighted by Gasteiger charge is -2.26. The van der Waals surface area contributed by atoms with Gasteiger partial charge in [0.1, 0.15) is 0 Å². The molecule has 0 radical (unpaired) electrons. The van der Waals surface area contributed by atoms with Gasteiger partial charge in [-0.05, 0) is 57.0 Å². The third kappa shape index (κ3) is 4.58. The van der Waals surface area contributed by atoms with Gasteiger partial charge < -0.3 is 15.7 Å². The maximum Gasteiger partial charge on any atom is 0.220 e. The highest BCUT2D eigenvalue weighted by Crippen LogP contribution is 2.23. The van der Waals surface area contributed by atoms with Crippen molar-refractivity contribution in [2.45, 2.75) is 51.0 Å². The predicted octanol–water partition coefficient (Wildman–Crippen LogP) is 1.04. The van der Waals surface area contributed by atoms with Gasteiger partial charge in [-0.3, -0.25) is 4.79 Å². The van der Waals surface area contributed by atoms with Crippen molar-refractivity contribution in [3.8, 4) is 0 Å². The number of nitrogens with one attached hydrogen (secondary N) is 2. The molecule has 1 saturated carbocycles. The predicted molar refractivity (Wildman–Crippen MR) is 71.2 cm³/mol. The van der Waals surface area contributed by atoms with E-state index in [1.54, 1.807) is 0 Å². The van der Waals surface area contributed by atoms with Gasteiger partial charge >= 0.3 is 0 Å². The average molecular weight is 254 g/mol. The fourth-order valence-electron chi connectivity index (χ4n) is 3.13. The van der Waals surface area contributed by atoms with Gasteiger partial charge in [0.2, 0.25) is 5.91 Å². The normalized spacial score (nSPS) is 30.1. The van der Waals surface area contributed by atoms with Crippen LogP contribution in [0.1, 0.15) is 44.9 Å². The van der Waals surface area contributed by atoms with Crippen LogP contribution in [0.3, 0.4) is 0 Å². The number of rotatable bonds is 4. The first kappa shape index (κ1) is 13.8. The second-order valence-electron chi connectivity index (χ2n) is 5.89. The zero-order chi connectivity index (χ0) is 12.8. The van der Waals surface area contributed by atoms with E-state index < -0.39 is 0 Å². The Morgan fingerprint density at radius 2 is 1.94 bits per heavy atom. The Hall–Kier alpha value is -0.610. The van der Waals surface area contributed by atoms with Gasteiger partial charge in [-0.1, -0.05) is 6.42 Å². The van der Waals surface area contributed by atoms with Crippen LogP contribution in [0.15, 0.2) is 0 Å². The van der Waals surface area contributed by atoms with Crippen molar-refractivity contribution < 1.29 is 9.90 Å². The van der Waals surface area contributed by atoms with Crippen molar-refractivity contribution in [1.29, 1.82) is 0 Å². The molecule has 2 rings (SSSR count). The van der Waals surface area contributed by atoms with Crippen LogP contribution in [0.4, 0.5) is 0 Å². The standard InChI is InChI=1S/C14H26N2O2/c17-13-3-1-2-12(8-13)10-16-14(18)9-11-4-6-15-7-5-11/h11-13,15,17H,1-10H2,(H,16,18). The summed E-state index contributed by atoms with van der Waals surface area (Å²) in [6.45, 7) is 2.85. The lowest BCUT2D eigenvalue weighted by Crippen LogP contribution is -2.35. The SMILES string of the molecule is O=C(CC1CCNCC1)NCC1CCCC(O)C1. The molecule has 4 heteroatoms. The van der Waals surface area contributed by atoms with E-state index in [1.165, 1.54) is 0 Å². The van der Waals surface area contributed by atoms with E-state index in [9.17, 15) is 9.90 Å². The summed E-state index contributed by atoms with van der Waals surface area (Å²) in [6.07, 6.45) is 6.79. The number of hydrogen-bond donors (Lipinski definition) is 3. The fourth-order valence-corrected chi connectivity index (χ4v) is 3.13. The van der Waals surface area contributed by atoms with E-state index in [0.29, 0.717) is 18.3 Å². The number of aliphatic hydroxyl groups excluding tert-OH is 1. The molecule has 2 unspecified atom stereocenters. The van der Waals surface area contributed by atoms with Crippen LogP contribution < -0.4 is 10.6 Å². The van der Waals surface area contributed by atoms with Crippen molar-refractivity contribution in [3.05, 3.63) is 0 Å². The molecule has 0 aromatic rings. The van der Waals surface area contributed by atoms with Crippen molar-refractivity contribution in [1.82, 2.24) is 10.6 Å². The van der Waals surface area contributed by atoms with Crippen LogP contribution in [0, 0.1) is 11.8 Å². The third-order valence-electron chi connectivity index (χ3n) is 4.28. The topological polar surface area (TPSA) is 61.4 Å².